The van der Waals surface area contributed by atoms with Crippen LogP contribution in [0, 0.1) is 41.4 Å². The Kier molecular flexibility index (Phi) is 3.17. The highest BCUT2D eigenvalue weighted by Crippen LogP contribution is 2.56. The lowest BCUT2D eigenvalue weighted by molar-refractivity contribution is -0.0123. The highest BCUT2D eigenvalue weighted by molar-refractivity contribution is 5.13. The average molecular weight is 231 g/mol. The van der Waals surface area contributed by atoms with Crippen molar-refractivity contribution in [3.05, 3.63) is 0 Å². The summed E-state index contributed by atoms with van der Waals surface area (Å²) in [6.07, 6.45) is 7.50. The van der Waals surface area contributed by atoms with Crippen molar-refractivity contribution < 1.29 is 0 Å². The van der Waals surface area contributed by atoms with E-state index in [1.54, 1.807) is 6.42 Å². The first kappa shape index (κ1) is 11.6. The Bertz CT molecular complexity index is 305. The van der Waals surface area contributed by atoms with Gasteiger partial charge in [0.15, 0.2) is 0 Å². The van der Waals surface area contributed by atoms with Crippen molar-refractivity contribution >= 4 is 0 Å². The molecule has 0 aromatic carbocycles. The first-order chi connectivity index (χ1) is 8.22. The quantitative estimate of drug-likeness (QED) is 0.720. The molecular weight excluding hydrogens is 206 g/mol. The zero-order valence-electron chi connectivity index (χ0n) is 11.2. The van der Waals surface area contributed by atoms with Gasteiger partial charge in [0.25, 0.3) is 0 Å². The van der Waals surface area contributed by atoms with E-state index in [-0.39, 0.29) is 0 Å². The highest BCUT2D eigenvalue weighted by atomic mass is 14.9. The standard InChI is InChI=1S/C16H25N/c1-11(2)17-5-3-4-16-14-7-12-6-13(9-14)10-15(16)8-12/h11-17H,5-10H2,1-2H3. The molecular formula is C16H25N. The third kappa shape index (κ3) is 2.38. The number of hydrogen-bond acceptors (Lipinski definition) is 1. The Morgan fingerprint density at radius 2 is 1.59 bits per heavy atom. The molecule has 1 heteroatoms. The van der Waals surface area contributed by atoms with E-state index in [4.69, 9.17) is 0 Å². The molecule has 1 nitrogen and oxygen atoms in total. The Labute approximate surface area is 106 Å². The first-order valence-electron chi connectivity index (χ1n) is 7.44. The lowest BCUT2D eigenvalue weighted by atomic mass is 9.52. The topological polar surface area (TPSA) is 12.0 Å². The Balaban J connectivity index is 1.60. The summed E-state index contributed by atoms with van der Waals surface area (Å²) in [6, 6.07) is 0.558. The molecule has 4 bridgehead atoms. The Hall–Kier alpha value is -0.480. The van der Waals surface area contributed by atoms with Crippen LogP contribution in [0.1, 0.15) is 46.0 Å². The van der Waals surface area contributed by atoms with Crippen molar-refractivity contribution in [2.45, 2.75) is 52.0 Å². The predicted octanol–water partition coefficient (Wildman–Crippen LogP) is 3.06. The maximum absolute atomic E-state index is 3.61. The van der Waals surface area contributed by atoms with Gasteiger partial charge < -0.3 is 5.32 Å². The van der Waals surface area contributed by atoms with E-state index in [0.29, 0.717) is 6.04 Å². The molecule has 4 fully saturated rings. The normalized spacial score (nSPS) is 42.6. The van der Waals surface area contributed by atoms with Gasteiger partial charge in [-0.25, -0.2) is 0 Å². The molecule has 0 aromatic rings. The summed E-state index contributed by atoms with van der Waals surface area (Å²) in [7, 11) is 0. The minimum absolute atomic E-state index is 0.558. The summed E-state index contributed by atoms with van der Waals surface area (Å²) in [5.41, 5.74) is 0. The molecule has 94 valence electrons. The number of nitrogens with one attached hydrogen (secondary N) is 1. The van der Waals surface area contributed by atoms with E-state index >= 15 is 0 Å². The summed E-state index contributed by atoms with van der Waals surface area (Å²) in [5, 5.41) is 3.39. The molecule has 0 amide bonds. The molecule has 4 aliphatic carbocycles. The summed E-state index contributed by atoms with van der Waals surface area (Å²) in [4.78, 5) is 0. The zero-order chi connectivity index (χ0) is 11.8. The van der Waals surface area contributed by atoms with Crippen LogP contribution in [0.5, 0.6) is 0 Å². The number of hydrogen-bond donors (Lipinski definition) is 1. The smallest absolute Gasteiger partial charge is 0.0578 e. The van der Waals surface area contributed by atoms with Gasteiger partial charge in [-0.3, -0.25) is 0 Å². The molecule has 0 atom stereocenters. The van der Waals surface area contributed by atoms with E-state index in [0.717, 1.165) is 36.1 Å². The van der Waals surface area contributed by atoms with Gasteiger partial charge >= 0.3 is 0 Å². The van der Waals surface area contributed by atoms with E-state index in [2.05, 4.69) is 31.0 Å². The van der Waals surface area contributed by atoms with E-state index in [9.17, 15) is 0 Å². The van der Waals surface area contributed by atoms with Crippen LogP contribution < -0.4 is 5.32 Å². The summed E-state index contributed by atoms with van der Waals surface area (Å²) >= 11 is 0. The van der Waals surface area contributed by atoms with Gasteiger partial charge in [0, 0.05) is 12.0 Å². The fourth-order valence-electron chi connectivity index (χ4n) is 4.58. The van der Waals surface area contributed by atoms with Crippen molar-refractivity contribution in [1.29, 1.82) is 0 Å². The van der Waals surface area contributed by atoms with Crippen LogP contribution in [0.3, 0.4) is 0 Å². The number of rotatable bonds is 2. The lowest BCUT2D eigenvalue weighted by Crippen LogP contribution is -2.44. The van der Waals surface area contributed by atoms with Crippen molar-refractivity contribution in [2.75, 3.05) is 6.54 Å². The summed E-state index contributed by atoms with van der Waals surface area (Å²) in [6.45, 7) is 5.25. The second-order valence-electron chi connectivity index (χ2n) is 6.81. The molecule has 4 aliphatic rings. The highest BCUT2D eigenvalue weighted by Gasteiger charge is 2.47. The second kappa shape index (κ2) is 4.65. The van der Waals surface area contributed by atoms with Crippen LogP contribution in [-0.4, -0.2) is 12.6 Å². The van der Waals surface area contributed by atoms with Crippen molar-refractivity contribution in [3.8, 4) is 11.8 Å². The van der Waals surface area contributed by atoms with Crippen LogP contribution in [0.25, 0.3) is 0 Å². The summed E-state index contributed by atoms with van der Waals surface area (Å²) in [5.74, 6) is 11.8. The SMILES string of the molecule is CC(C)NCC#CC1C2CC3CC(C2)CC1C3. The third-order valence-electron chi connectivity index (χ3n) is 5.09. The van der Waals surface area contributed by atoms with E-state index < -0.39 is 0 Å². The molecule has 0 spiro atoms. The largest absolute Gasteiger partial charge is 0.304 e. The fraction of sp³-hybridized carbons (Fsp3) is 0.875. The average Bonchev–Trinajstić information content (AvgIpc) is 2.25. The Morgan fingerprint density at radius 3 is 2.12 bits per heavy atom. The van der Waals surface area contributed by atoms with Crippen LogP contribution >= 0.6 is 0 Å². The van der Waals surface area contributed by atoms with E-state index in [1.807, 2.05) is 0 Å². The van der Waals surface area contributed by atoms with Gasteiger partial charge in [-0.1, -0.05) is 11.8 Å². The molecule has 0 aromatic heterocycles. The molecule has 17 heavy (non-hydrogen) atoms. The molecule has 4 rings (SSSR count). The summed E-state index contributed by atoms with van der Waals surface area (Å²) < 4.78 is 0. The lowest BCUT2D eigenvalue weighted by Gasteiger charge is -2.52. The minimum Gasteiger partial charge on any atom is -0.304 e. The maximum atomic E-state index is 3.61. The van der Waals surface area contributed by atoms with Gasteiger partial charge in [-0.15, -0.1) is 0 Å². The fourth-order valence-corrected chi connectivity index (χ4v) is 4.58. The Morgan fingerprint density at radius 1 is 1.00 bits per heavy atom. The molecule has 0 unspecified atom stereocenters. The van der Waals surface area contributed by atoms with Crippen molar-refractivity contribution in [2.24, 2.45) is 29.6 Å². The van der Waals surface area contributed by atoms with Gasteiger partial charge in [0.2, 0.25) is 0 Å². The zero-order valence-corrected chi connectivity index (χ0v) is 11.2. The van der Waals surface area contributed by atoms with Crippen molar-refractivity contribution in [3.63, 3.8) is 0 Å². The van der Waals surface area contributed by atoms with Gasteiger partial charge in [-0.2, -0.15) is 0 Å². The van der Waals surface area contributed by atoms with Crippen molar-refractivity contribution in [1.82, 2.24) is 5.32 Å². The van der Waals surface area contributed by atoms with Gasteiger partial charge in [0.05, 0.1) is 6.54 Å². The van der Waals surface area contributed by atoms with Crippen LogP contribution in [0.15, 0.2) is 0 Å². The molecule has 1 N–H and O–H groups in total. The molecule has 4 saturated carbocycles. The second-order valence-corrected chi connectivity index (χ2v) is 6.81. The van der Waals surface area contributed by atoms with Gasteiger partial charge in [0.1, 0.15) is 0 Å². The monoisotopic (exact) mass is 231 g/mol. The van der Waals surface area contributed by atoms with Crippen LogP contribution in [0.2, 0.25) is 0 Å². The van der Waals surface area contributed by atoms with Crippen LogP contribution in [-0.2, 0) is 0 Å². The molecule has 0 radical (unpaired) electrons. The minimum atomic E-state index is 0.558. The predicted molar refractivity (Wildman–Crippen MR) is 71.4 cm³/mol. The molecule has 0 heterocycles. The first-order valence-corrected chi connectivity index (χ1v) is 7.44. The molecule has 0 aliphatic heterocycles. The maximum Gasteiger partial charge on any atom is 0.0578 e. The van der Waals surface area contributed by atoms with E-state index in [1.165, 1.54) is 25.7 Å². The third-order valence-corrected chi connectivity index (χ3v) is 5.09. The van der Waals surface area contributed by atoms with Crippen LogP contribution in [0.4, 0.5) is 0 Å². The molecule has 0 saturated heterocycles. The van der Waals surface area contributed by atoms with Gasteiger partial charge in [-0.05, 0) is 69.6 Å².